The third-order valence-electron chi connectivity index (χ3n) is 22.8. The van der Waals surface area contributed by atoms with Gasteiger partial charge in [0.25, 0.3) is 0 Å². The van der Waals surface area contributed by atoms with Gasteiger partial charge in [-0.1, -0.05) is 80.9 Å². The van der Waals surface area contributed by atoms with Gasteiger partial charge in [-0.2, -0.15) is 0 Å². The van der Waals surface area contributed by atoms with E-state index in [-0.39, 0.29) is 59.0 Å². The quantitative estimate of drug-likeness (QED) is 0.0956. The molecule has 0 amide bonds. The van der Waals surface area contributed by atoms with Crippen LogP contribution in [0.15, 0.2) is 11.6 Å². The van der Waals surface area contributed by atoms with Crippen molar-refractivity contribution in [1.82, 2.24) is 0 Å². The van der Waals surface area contributed by atoms with Crippen LogP contribution in [-0.2, 0) is 42.7 Å². The molecule has 9 aliphatic rings. The summed E-state index contributed by atoms with van der Waals surface area (Å²) in [5.74, 6) is -1.85. The number of ether oxygens (including phenoxy) is 8. The third kappa shape index (κ3) is 9.26. The van der Waals surface area contributed by atoms with Gasteiger partial charge in [0, 0.05) is 5.41 Å². The molecule has 4 saturated heterocycles. The van der Waals surface area contributed by atoms with E-state index in [1.54, 1.807) is 0 Å². The maximum atomic E-state index is 12.9. The van der Waals surface area contributed by atoms with Gasteiger partial charge < -0.3 is 99.2 Å². The molecule has 4 aliphatic heterocycles. The van der Waals surface area contributed by atoms with Crippen molar-refractivity contribution in [2.45, 2.75) is 244 Å². The molecule has 21 heteroatoms. The Hall–Kier alpha value is -1.55. The molecular weight excluding hydrogens is 1010 g/mol. The minimum Gasteiger partial charge on any atom is -0.479 e. The zero-order chi connectivity index (χ0) is 56.6. The minimum absolute atomic E-state index is 0.00741. The summed E-state index contributed by atoms with van der Waals surface area (Å²) >= 11 is 0. The first-order valence-electron chi connectivity index (χ1n) is 28.4. The number of carboxylic acids is 1. The molecule has 442 valence electrons. The van der Waals surface area contributed by atoms with Crippen LogP contribution in [0.5, 0.6) is 0 Å². The van der Waals surface area contributed by atoms with Gasteiger partial charge in [0.15, 0.2) is 31.3 Å². The van der Waals surface area contributed by atoms with Gasteiger partial charge in [0.1, 0.15) is 67.1 Å². The van der Waals surface area contributed by atoms with Gasteiger partial charge in [0.05, 0.1) is 44.2 Å². The van der Waals surface area contributed by atoms with E-state index in [1.807, 2.05) is 13.8 Å². The van der Waals surface area contributed by atoms with Crippen molar-refractivity contribution in [2.24, 2.45) is 68.0 Å². The highest BCUT2D eigenvalue weighted by Gasteiger charge is 2.72. The number of aliphatic hydroxyl groups excluding tert-OH is 11. The van der Waals surface area contributed by atoms with E-state index in [1.165, 1.54) is 5.57 Å². The molecule has 0 aromatic heterocycles. The van der Waals surface area contributed by atoms with Crippen molar-refractivity contribution in [2.75, 3.05) is 19.8 Å². The summed E-state index contributed by atoms with van der Waals surface area (Å²) in [6.07, 6.45) is -21.6. The standard InChI is InChI=1S/C56H92O21/c1-23-24(2)35(61)47(70-26(23)4)77-45-25(3)56(22-59)28(18-51(45,5)6)27-12-13-32-53(9)16-15-34(52(7,8)31(53)14-17-54(32,10)55(27,11)19-33(56)60)73-50-44(76-49-40(66)38(64)36(62)29(20-57)71-49)42(41(67)43(75-50)46(68)69)74-48-39(65)37(63)30(21-58)72-48/h12,23-26,28-45,47-50,57-67H,13-22H2,1-11H3,(H,68,69)/t23-,24+,25+,26?,28?,29?,30-,31?,32?,33-,34+,35?,36+,37+,38+,39?,40?,41-,42+,43?,44?,45+,47+,48+,49+,50-,53+,54-,55-,56+/m1/s1. The molecule has 4 saturated carbocycles. The number of rotatable bonds is 12. The Balaban J connectivity index is 1.00. The largest absolute Gasteiger partial charge is 0.479 e. The van der Waals surface area contributed by atoms with Crippen LogP contribution in [0.3, 0.4) is 0 Å². The van der Waals surface area contributed by atoms with Gasteiger partial charge in [-0.3, -0.25) is 0 Å². The Morgan fingerprint density at radius 2 is 1.21 bits per heavy atom. The fourth-order valence-electron chi connectivity index (χ4n) is 17.6. The third-order valence-corrected chi connectivity index (χ3v) is 22.8. The van der Waals surface area contributed by atoms with Crippen molar-refractivity contribution in [3.63, 3.8) is 0 Å². The Kier molecular flexibility index (Phi) is 16.6. The topological polar surface area (TPSA) is 334 Å². The predicted octanol–water partition coefficient (Wildman–Crippen LogP) is 0.935. The van der Waals surface area contributed by atoms with Crippen molar-refractivity contribution in [3.05, 3.63) is 11.6 Å². The molecule has 0 spiro atoms. The lowest BCUT2D eigenvalue weighted by Crippen LogP contribution is -2.70. The SMILES string of the molecule is CC1O[C@@H](O[C@H]2[C@H](C)[C@@]3(CO)C(CC2(C)C)C2=CCC4[C@@]5(C)CC[C@H](O[C@@H]6OC(C(=O)O)[C@H](O)[C@H](O[C@@H]7O[C@H](CO)[C@H](O)C7O)C6O[C@@H]6OC(CO)[C@H](O)[C@H](O)C6O)C(C)(C)C5CC[C@@]4(C)[C@]2(C)C[C@H]3O)C(O)[C@@H](C)[C@H]1C. The Morgan fingerprint density at radius 1 is 0.623 bits per heavy atom. The van der Waals surface area contributed by atoms with Crippen molar-refractivity contribution < 1.29 is 104 Å². The lowest BCUT2D eigenvalue weighted by molar-refractivity contribution is -0.386. The molecule has 77 heavy (non-hydrogen) atoms. The van der Waals surface area contributed by atoms with Crippen molar-refractivity contribution in [3.8, 4) is 0 Å². The molecule has 0 radical (unpaired) electrons. The number of carboxylic acid groups (broad SMARTS) is 1. The molecule has 0 bridgehead atoms. The first kappa shape index (κ1) is 60.1. The highest BCUT2D eigenvalue weighted by molar-refractivity contribution is 5.73. The van der Waals surface area contributed by atoms with Crippen LogP contribution in [0.4, 0.5) is 0 Å². The number of aliphatic carboxylic acids is 1. The van der Waals surface area contributed by atoms with Gasteiger partial charge in [0.2, 0.25) is 0 Å². The normalized spacial score (nSPS) is 55.3. The molecule has 5 aliphatic carbocycles. The van der Waals surface area contributed by atoms with E-state index in [4.69, 9.17) is 37.9 Å². The highest BCUT2D eigenvalue weighted by Crippen LogP contribution is 2.76. The van der Waals surface area contributed by atoms with E-state index in [9.17, 15) is 66.1 Å². The molecule has 21 nitrogen and oxygen atoms in total. The van der Waals surface area contributed by atoms with Crippen LogP contribution in [0.25, 0.3) is 0 Å². The first-order chi connectivity index (χ1) is 35.9. The maximum Gasteiger partial charge on any atom is 0.335 e. The van der Waals surface area contributed by atoms with E-state index in [2.05, 4.69) is 68.4 Å². The zero-order valence-electron chi connectivity index (χ0n) is 46.7. The van der Waals surface area contributed by atoms with Crippen LogP contribution in [0.1, 0.15) is 121 Å². The number of hydrogen-bond acceptors (Lipinski definition) is 20. The Labute approximate surface area is 452 Å². The molecule has 0 aromatic carbocycles. The van der Waals surface area contributed by atoms with Crippen molar-refractivity contribution >= 4 is 5.97 Å². The van der Waals surface area contributed by atoms with E-state index >= 15 is 0 Å². The first-order valence-corrected chi connectivity index (χ1v) is 28.4. The number of aliphatic hydroxyl groups is 11. The summed E-state index contributed by atoms with van der Waals surface area (Å²) in [6, 6.07) is 0. The summed E-state index contributed by atoms with van der Waals surface area (Å²) in [4.78, 5) is 12.9. The molecule has 4 heterocycles. The second kappa shape index (κ2) is 21.3. The highest BCUT2D eigenvalue weighted by atomic mass is 16.8. The summed E-state index contributed by atoms with van der Waals surface area (Å²) in [5.41, 5.74) is -1.81. The lowest BCUT2D eigenvalue weighted by atomic mass is 9.32. The van der Waals surface area contributed by atoms with Crippen molar-refractivity contribution in [1.29, 1.82) is 0 Å². The molecule has 0 aromatic rings. The molecule has 12 N–H and O–H groups in total. The van der Waals surface area contributed by atoms with Crippen LogP contribution < -0.4 is 0 Å². The Bertz CT molecular complexity index is 2140. The average molecular weight is 1100 g/mol. The molecule has 10 unspecified atom stereocenters. The molecule has 9 rings (SSSR count). The van der Waals surface area contributed by atoms with Crippen LogP contribution in [0, 0.1) is 68.0 Å². The monoisotopic (exact) mass is 1100 g/mol. The smallest absolute Gasteiger partial charge is 0.335 e. The average Bonchev–Trinajstić information content (AvgIpc) is 3.64. The molecule has 30 atom stereocenters. The lowest BCUT2D eigenvalue weighted by Gasteiger charge is -2.73. The second-order valence-electron chi connectivity index (χ2n) is 27.1. The summed E-state index contributed by atoms with van der Waals surface area (Å²) in [7, 11) is 0. The number of hydrogen-bond donors (Lipinski definition) is 12. The van der Waals surface area contributed by atoms with Gasteiger partial charge in [-0.25, -0.2) is 4.79 Å². The fourth-order valence-corrected chi connectivity index (χ4v) is 17.6. The number of carbonyl (C=O) groups is 1. The Morgan fingerprint density at radius 3 is 1.81 bits per heavy atom. The maximum absolute atomic E-state index is 12.9. The van der Waals surface area contributed by atoms with E-state index < -0.39 is 158 Å². The van der Waals surface area contributed by atoms with Crippen LogP contribution in [-0.4, -0.2) is 210 Å². The summed E-state index contributed by atoms with van der Waals surface area (Å²) in [6.45, 7) is 22.0. The van der Waals surface area contributed by atoms with Gasteiger partial charge in [-0.15, -0.1) is 0 Å². The second-order valence-corrected chi connectivity index (χ2v) is 27.1. The fraction of sp³-hybridized carbons (Fsp3) is 0.946. The minimum atomic E-state index is -2.08. The van der Waals surface area contributed by atoms with Gasteiger partial charge >= 0.3 is 5.97 Å². The van der Waals surface area contributed by atoms with Crippen LogP contribution >= 0.6 is 0 Å². The predicted molar refractivity (Wildman–Crippen MR) is 269 cm³/mol. The van der Waals surface area contributed by atoms with E-state index in [0.29, 0.717) is 25.7 Å². The summed E-state index contributed by atoms with van der Waals surface area (Å²) in [5, 5.41) is 132. The summed E-state index contributed by atoms with van der Waals surface area (Å²) < 4.78 is 49.8. The molecule has 8 fully saturated rings. The zero-order valence-corrected chi connectivity index (χ0v) is 46.7. The molecular formula is C56H92O21. The number of fused-ring (bicyclic) bond motifs is 7. The van der Waals surface area contributed by atoms with Gasteiger partial charge in [-0.05, 0) is 114 Å². The van der Waals surface area contributed by atoms with E-state index in [0.717, 1.165) is 19.3 Å². The number of allylic oxidation sites excluding steroid dienone is 2. The van der Waals surface area contributed by atoms with Crippen LogP contribution in [0.2, 0.25) is 0 Å².